The number of fused-ring (bicyclic) bond motifs is 1. The number of phenols is 1. The molecule has 2 saturated heterocycles. The van der Waals surface area contributed by atoms with Crippen LogP contribution < -0.4 is 10.7 Å². The van der Waals surface area contributed by atoms with Crippen LogP contribution in [0.15, 0.2) is 82.0 Å². The number of nitrogens with zero attached hydrogens (tertiary/aromatic N) is 2. The standard InChI is InChI=1S/C35H34ClN3O6/c36-25-9-7-22(8-10-25)18-29(37-34(43)32-20-30(41)28-19-26(40)11-12-31(28)45-32)35(44)38-16-13-23(14-17-38)27-5-2-1-4-24(27)21-39-15-3-6-33(39)42/h1-2,4-5,7-12,19-20,23,29,40H,3,6,13-18,21H2,(H,37,43)/t29-/m1/s1. The molecule has 1 aromatic heterocycles. The molecule has 1 atom stereocenters. The van der Waals surface area contributed by atoms with Crippen LogP contribution in [0.3, 0.4) is 0 Å². The van der Waals surface area contributed by atoms with Crippen LogP contribution in [0.25, 0.3) is 11.0 Å². The van der Waals surface area contributed by atoms with E-state index in [1.54, 1.807) is 17.0 Å². The normalized spacial score (nSPS) is 16.2. The van der Waals surface area contributed by atoms with Gasteiger partial charge in [0.05, 0.1) is 5.39 Å². The van der Waals surface area contributed by atoms with Crippen molar-refractivity contribution in [3.63, 3.8) is 0 Å². The molecule has 6 rings (SSSR count). The van der Waals surface area contributed by atoms with Crippen molar-refractivity contribution in [1.29, 1.82) is 0 Å². The molecule has 232 valence electrons. The van der Waals surface area contributed by atoms with Crippen molar-refractivity contribution in [2.24, 2.45) is 0 Å². The molecule has 10 heteroatoms. The summed E-state index contributed by atoms with van der Waals surface area (Å²) in [6, 6.07) is 19.6. The van der Waals surface area contributed by atoms with Crippen molar-refractivity contribution >= 4 is 40.3 Å². The third-order valence-corrected chi connectivity index (χ3v) is 8.98. The molecule has 0 spiro atoms. The van der Waals surface area contributed by atoms with Gasteiger partial charge in [0.2, 0.25) is 11.8 Å². The predicted molar refractivity (Wildman–Crippen MR) is 170 cm³/mol. The highest BCUT2D eigenvalue weighted by atomic mass is 35.5. The summed E-state index contributed by atoms with van der Waals surface area (Å²) in [6.45, 7) is 2.42. The van der Waals surface area contributed by atoms with E-state index in [1.807, 2.05) is 29.2 Å². The van der Waals surface area contributed by atoms with Crippen molar-refractivity contribution < 1.29 is 23.9 Å². The molecule has 0 bridgehead atoms. The van der Waals surface area contributed by atoms with Gasteiger partial charge in [0.25, 0.3) is 5.91 Å². The lowest BCUT2D eigenvalue weighted by molar-refractivity contribution is -0.134. The first-order valence-corrected chi connectivity index (χ1v) is 15.6. The van der Waals surface area contributed by atoms with Crippen LogP contribution in [0.1, 0.15) is 58.8 Å². The lowest BCUT2D eigenvalue weighted by Gasteiger charge is -2.35. The van der Waals surface area contributed by atoms with E-state index in [0.29, 0.717) is 31.1 Å². The van der Waals surface area contributed by atoms with Crippen LogP contribution in [0, 0.1) is 0 Å². The number of carbonyl (C=O) groups is 3. The molecule has 2 fully saturated rings. The third-order valence-electron chi connectivity index (χ3n) is 8.73. The Balaban J connectivity index is 1.18. The first-order valence-electron chi connectivity index (χ1n) is 15.2. The third kappa shape index (κ3) is 6.88. The molecular formula is C35H34ClN3O6. The summed E-state index contributed by atoms with van der Waals surface area (Å²) in [6.07, 6.45) is 3.23. The molecule has 2 N–H and O–H groups in total. The van der Waals surface area contributed by atoms with Crippen molar-refractivity contribution in [2.75, 3.05) is 19.6 Å². The fraction of sp³-hybridized carbons (Fsp3) is 0.314. The van der Waals surface area contributed by atoms with E-state index >= 15 is 0 Å². The number of benzene rings is 3. The fourth-order valence-corrected chi connectivity index (χ4v) is 6.45. The average molecular weight is 628 g/mol. The Morgan fingerprint density at radius 3 is 2.47 bits per heavy atom. The number of likely N-dealkylation sites (tertiary alicyclic amines) is 2. The number of amides is 3. The molecule has 45 heavy (non-hydrogen) atoms. The van der Waals surface area contributed by atoms with Crippen LogP contribution in [0.5, 0.6) is 5.75 Å². The van der Waals surface area contributed by atoms with E-state index in [4.69, 9.17) is 16.0 Å². The van der Waals surface area contributed by atoms with Crippen LogP contribution in [-0.2, 0) is 22.6 Å². The minimum absolute atomic E-state index is 0.0884. The number of piperidine rings is 1. The van der Waals surface area contributed by atoms with Gasteiger partial charge in [-0.25, -0.2) is 0 Å². The van der Waals surface area contributed by atoms with Gasteiger partial charge in [0.15, 0.2) is 11.2 Å². The van der Waals surface area contributed by atoms with E-state index in [1.165, 1.54) is 23.8 Å². The van der Waals surface area contributed by atoms with Gasteiger partial charge >= 0.3 is 0 Å². The number of halogens is 1. The maximum absolute atomic E-state index is 14.0. The van der Waals surface area contributed by atoms with Crippen LogP contribution in [0.2, 0.25) is 5.02 Å². The highest BCUT2D eigenvalue weighted by molar-refractivity contribution is 6.30. The Kier molecular flexibility index (Phi) is 8.89. The number of phenolic OH excluding ortho intramolecular Hbond substituents is 1. The van der Waals surface area contributed by atoms with E-state index in [0.717, 1.165) is 43.0 Å². The first-order chi connectivity index (χ1) is 21.7. The van der Waals surface area contributed by atoms with Gasteiger partial charge in [0.1, 0.15) is 17.4 Å². The fourth-order valence-electron chi connectivity index (χ4n) is 6.33. The molecule has 2 aliphatic rings. The van der Waals surface area contributed by atoms with Crippen LogP contribution >= 0.6 is 11.6 Å². The summed E-state index contributed by atoms with van der Waals surface area (Å²) in [5.41, 5.74) is 2.86. The average Bonchev–Trinajstić information content (AvgIpc) is 3.45. The second kappa shape index (κ2) is 13.2. The Labute approximate surface area is 265 Å². The number of rotatable bonds is 8. The van der Waals surface area contributed by atoms with Crippen LogP contribution in [-0.4, -0.2) is 58.3 Å². The predicted octanol–water partition coefficient (Wildman–Crippen LogP) is 5.02. The Morgan fingerprint density at radius 2 is 1.73 bits per heavy atom. The molecule has 0 saturated carbocycles. The van der Waals surface area contributed by atoms with Crippen molar-refractivity contribution in [2.45, 2.75) is 50.6 Å². The molecule has 0 aliphatic carbocycles. The minimum Gasteiger partial charge on any atom is -0.508 e. The zero-order valence-electron chi connectivity index (χ0n) is 24.7. The number of hydrogen-bond donors (Lipinski definition) is 2. The van der Waals surface area contributed by atoms with Gasteiger partial charge in [-0.1, -0.05) is 48.0 Å². The molecule has 4 aromatic rings. The maximum Gasteiger partial charge on any atom is 0.287 e. The summed E-state index contributed by atoms with van der Waals surface area (Å²) < 4.78 is 5.69. The lowest BCUT2D eigenvalue weighted by atomic mass is 9.86. The minimum atomic E-state index is -0.912. The van der Waals surface area contributed by atoms with Crippen molar-refractivity contribution in [3.05, 3.63) is 110 Å². The Morgan fingerprint density at radius 1 is 0.978 bits per heavy atom. The molecule has 2 aliphatic heterocycles. The summed E-state index contributed by atoms with van der Waals surface area (Å²) >= 11 is 6.08. The topological polar surface area (TPSA) is 120 Å². The van der Waals surface area contributed by atoms with Gasteiger partial charge in [-0.15, -0.1) is 0 Å². The smallest absolute Gasteiger partial charge is 0.287 e. The summed E-state index contributed by atoms with van der Waals surface area (Å²) in [4.78, 5) is 56.0. The molecular weight excluding hydrogens is 594 g/mol. The van der Waals surface area contributed by atoms with Gasteiger partial charge in [-0.05, 0) is 72.2 Å². The number of nitrogens with one attached hydrogen (secondary N) is 1. The van der Waals surface area contributed by atoms with Crippen molar-refractivity contribution in [3.8, 4) is 5.75 Å². The SMILES string of the molecule is O=C(N[C@H](Cc1ccc(Cl)cc1)C(=O)N1CCC(c2ccccc2CN2CCCC2=O)CC1)c1cc(=O)c2cc(O)ccc2o1. The summed E-state index contributed by atoms with van der Waals surface area (Å²) in [5.74, 6) is -0.774. The van der Waals surface area contributed by atoms with Gasteiger partial charge in [-0.3, -0.25) is 19.2 Å². The number of aromatic hydroxyl groups is 1. The zero-order valence-corrected chi connectivity index (χ0v) is 25.5. The first kappa shape index (κ1) is 30.4. The Bertz CT molecular complexity index is 1800. The molecule has 3 heterocycles. The molecule has 3 aromatic carbocycles. The summed E-state index contributed by atoms with van der Waals surface area (Å²) in [5, 5.41) is 13.3. The van der Waals surface area contributed by atoms with E-state index < -0.39 is 17.4 Å². The van der Waals surface area contributed by atoms with E-state index in [9.17, 15) is 24.3 Å². The number of hydrogen-bond acceptors (Lipinski definition) is 6. The second-order valence-corrected chi connectivity index (χ2v) is 12.2. The molecule has 0 radical (unpaired) electrons. The Hall–Kier alpha value is -4.63. The zero-order chi connectivity index (χ0) is 31.5. The van der Waals surface area contributed by atoms with Gasteiger partial charge in [-0.2, -0.15) is 0 Å². The summed E-state index contributed by atoms with van der Waals surface area (Å²) in [7, 11) is 0. The maximum atomic E-state index is 14.0. The monoisotopic (exact) mass is 627 g/mol. The quantitative estimate of drug-likeness (QED) is 0.283. The van der Waals surface area contributed by atoms with E-state index in [-0.39, 0.29) is 46.6 Å². The highest BCUT2D eigenvalue weighted by Crippen LogP contribution is 2.32. The van der Waals surface area contributed by atoms with E-state index in [2.05, 4.69) is 17.4 Å². The van der Waals surface area contributed by atoms with Gasteiger partial charge < -0.3 is 24.6 Å². The van der Waals surface area contributed by atoms with Crippen LogP contribution in [0.4, 0.5) is 0 Å². The molecule has 3 amide bonds. The van der Waals surface area contributed by atoms with Crippen molar-refractivity contribution in [1.82, 2.24) is 15.1 Å². The molecule has 0 unspecified atom stereocenters. The number of carbonyl (C=O) groups excluding carboxylic acids is 3. The largest absolute Gasteiger partial charge is 0.508 e. The van der Waals surface area contributed by atoms with Gasteiger partial charge in [0, 0.05) is 50.1 Å². The lowest BCUT2D eigenvalue weighted by Crippen LogP contribution is -2.51. The second-order valence-electron chi connectivity index (χ2n) is 11.7. The molecule has 9 nitrogen and oxygen atoms in total. The highest BCUT2D eigenvalue weighted by Gasteiger charge is 2.32.